The van der Waals surface area contributed by atoms with Gasteiger partial charge in [-0.2, -0.15) is 0 Å². The maximum Gasteiger partial charge on any atom is 0.157 e. The average molecular weight is 301 g/mol. The van der Waals surface area contributed by atoms with Crippen LogP contribution in [-0.2, 0) is 13.6 Å². The number of rotatable bonds is 5. The SMILES string of the molecule is Cn1cnc2c(N(CCCl)Cc3ccccc3)nccc21. The Labute approximate surface area is 129 Å². The normalized spacial score (nSPS) is 11.0. The van der Waals surface area contributed by atoms with Gasteiger partial charge in [0.1, 0.15) is 5.52 Å². The fourth-order valence-electron chi connectivity index (χ4n) is 2.45. The summed E-state index contributed by atoms with van der Waals surface area (Å²) in [5.74, 6) is 1.44. The lowest BCUT2D eigenvalue weighted by atomic mass is 10.2. The predicted molar refractivity (Wildman–Crippen MR) is 86.7 cm³/mol. The van der Waals surface area contributed by atoms with Crippen LogP contribution in [0.1, 0.15) is 5.56 Å². The first-order valence-corrected chi connectivity index (χ1v) is 7.44. The molecule has 5 heteroatoms. The summed E-state index contributed by atoms with van der Waals surface area (Å²) in [6, 6.07) is 12.3. The molecule has 0 unspecified atom stereocenters. The molecule has 0 fully saturated rings. The number of hydrogen-bond acceptors (Lipinski definition) is 3. The van der Waals surface area contributed by atoms with Crippen LogP contribution in [0.5, 0.6) is 0 Å². The third-order valence-corrected chi connectivity index (χ3v) is 3.66. The highest BCUT2D eigenvalue weighted by Crippen LogP contribution is 2.24. The predicted octanol–water partition coefficient (Wildman–Crippen LogP) is 3.21. The minimum absolute atomic E-state index is 0.553. The number of aromatic nitrogens is 3. The highest BCUT2D eigenvalue weighted by atomic mass is 35.5. The lowest BCUT2D eigenvalue weighted by molar-refractivity contribution is 0.821. The second-order valence-corrected chi connectivity index (χ2v) is 5.33. The number of anilines is 1. The third-order valence-electron chi connectivity index (χ3n) is 3.49. The van der Waals surface area contributed by atoms with Crippen molar-refractivity contribution in [2.45, 2.75) is 6.54 Å². The molecule has 108 valence electrons. The van der Waals surface area contributed by atoms with E-state index in [9.17, 15) is 0 Å². The van der Waals surface area contributed by atoms with Gasteiger partial charge in [-0.05, 0) is 11.6 Å². The first kappa shape index (κ1) is 13.9. The summed E-state index contributed by atoms with van der Waals surface area (Å²) in [7, 11) is 1.99. The molecule has 0 aliphatic heterocycles. The number of pyridine rings is 1. The van der Waals surface area contributed by atoms with Crippen molar-refractivity contribution in [2.75, 3.05) is 17.3 Å². The summed E-state index contributed by atoms with van der Waals surface area (Å²) >= 11 is 5.97. The number of aryl methyl sites for hydroxylation is 1. The van der Waals surface area contributed by atoms with Gasteiger partial charge in [-0.15, -0.1) is 11.6 Å². The molecule has 0 N–H and O–H groups in total. The molecule has 4 nitrogen and oxygen atoms in total. The Hall–Kier alpha value is -2.07. The average Bonchev–Trinajstić information content (AvgIpc) is 2.90. The Morgan fingerprint density at radius 1 is 1.14 bits per heavy atom. The van der Waals surface area contributed by atoms with Gasteiger partial charge >= 0.3 is 0 Å². The van der Waals surface area contributed by atoms with Gasteiger partial charge < -0.3 is 9.47 Å². The van der Waals surface area contributed by atoms with Gasteiger partial charge in [-0.25, -0.2) is 9.97 Å². The molecule has 0 saturated carbocycles. The zero-order valence-corrected chi connectivity index (χ0v) is 12.7. The van der Waals surface area contributed by atoms with Crippen LogP contribution < -0.4 is 4.90 Å². The smallest absolute Gasteiger partial charge is 0.157 e. The van der Waals surface area contributed by atoms with Crippen LogP contribution >= 0.6 is 11.6 Å². The standard InChI is InChI=1S/C16H17ClN4/c1-20-12-19-15-14(20)7-9-18-16(15)21(10-8-17)11-13-5-3-2-4-6-13/h2-7,9,12H,8,10-11H2,1H3. The molecule has 0 spiro atoms. The third kappa shape index (κ3) is 2.85. The van der Waals surface area contributed by atoms with Gasteiger partial charge in [0, 0.05) is 32.2 Å². The lowest BCUT2D eigenvalue weighted by Crippen LogP contribution is -2.26. The van der Waals surface area contributed by atoms with Crippen LogP contribution in [0.2, 0.25) is 0 Å². The van der Waals surface area contributed by atoms with Crippen molar-refractivity contribution in [1.82, 2.24) is 14.5 Å². The van der Waals surface area contributed by atoms with E-state index in [0.29, 0.717) is 5.88 Å². The molecule has 0 saturated heterocycles. The molecule has 2 heterocycles. The largest absolute Gasteiger partial charge is 0.349 e. The van der Waals surface area contributed by atoms with Crippen molar-refractivity contribution in [1.29, 1.82) is 0 Å². The van der Waals surface area contributed by atoms with Gasteiger partial charge in [-0.1, -0.05) is 30.3 Å². The number of imidazole rings is 1. The summed E-state index contributed by atoms with van der Waals surface area (Å²) in [4.78, 5) is 11.2. The van der Waals surface area contributed by atoms with Gasteiger partial charge in [0.25, 0.3) is 0 Å². The molecule has 0 radical (unpaired) electrons. The van der Waals surface area contributed by atoms with Crippen LogP contribution in [0, 0.1) is 0 Å². The first-order valence-electron chi connectivity index (χ1n) is 6.90. The zero-order valence-electron chi connectivity index (χ0n) is 11.9. The van der Waals surface area contributed by atoms with Crippen molar-refractivity contribution in [3.05, 3.63) is 54.5 Å². The minimum Gasteiger partial charge on any atom is -0.349 e. The number of alkyl halides is 1. The number of benzene rings is 1. The van der Waals surface area contributed by atoms with E-state index < -0.39 is 0 Å². The second-order valence-electron chi connectivity index (χ2n) is 4.95. The van der Waals surface area contributed by atoms with Crippen LogP contribution in [0.3, 0.4) is 0 Å². The van der Waals surface area contributed by atoms with Crippen molar-refractivity contribution < 1.29 is 0 Å². The molecule has 3 aromatic rings. The molecular weight excluding hydrogens is 284 g/mol. The molecule has 0 aliphatic carbocycles. The molecular formula is C16H17ClN4. The summed E-state index contributed by atoms with van der Waals surface area (Å²) < 4.78 is 2.00. The molecule has 0 atom stereocenters. The Morgan fingerprint density at radius 3 is 2.71 bits per heavy atom. The van der Waals surface area contributed by atoms with E-state index in [1.165, 1.54) is 5.56 Å². The van der Waals surface area contributed by atoms with E-state index in [2.05, 4.69) is 27.0 Å². The van der Waals surface area contributed by atoms with Gasteiger partial charge in [0.05, 0.1) is 11.8 Å². The van der Waals surface area contributed by atoms with Crippen molar-refractivity contribution >= 4 is 28.5 Å². The van der Waals surface area contributed by atoms with Crippen LogP contribution in [0.4, 0.5) is 5.82 Å². The van der Waals surface area contributed by atoms with Crippen molar-refractivity contribution in [3.63, 3.8) is 0 Å². The molecule has 0 amide bonds. The fourth-order valence-corrected chi connectivity index (χ4v) is 2.65. The van der Waals surface area contributed by atoms with E-state index in [4.69, 9.17) is 11.6 Å². The van der Waals surface area contributed by atoms with Crippen molar-refractivity contribution in [2.24, 2.45) is 7.05 Å². The van der Waals surface area contributed by atoms with E-state index >= 15 is 0 Å². The Bertz CT molecular complexity index is 723. The molecule has 0 aliphatic rings. The lowest BCUT2D eigenvalue weighted by Gasteiger charge is -2.23. The Morgan fingerprint density at radius 2 is 1.95 bits per heavy atom. The minimum atomic E-state index is 0.553. The first-order chi connectivity index (χ1) is 10.3. The van der Waals surface area contributed by atoms with E-state index in [0.717, 1.165) is 29.9 Å². The Balaban J connectivity index is 1.99. The fraction of sp³-hybridized carbons (Fsp3) is 0.250. The zero-order chi connectivity index (χ0) is 14.7. The van der Waals surface area contributed by atoms with Gasteiger partial charge in [0.2, 0.25) is 0 Å². The van der Waals surface area contributed by atoms with E-state index in [1.807, 2.05) is 48.4 Å². The Kier molecular flexibility index (Phi) is 4.06. The summed E-state index contributed by atoms with van der Waals surface area (Å²) in [5.41, 5.74) is 3.23. The number of fused-ring (bicyclic) bond motifs is 1. The van der Waals surface area contributed by atoms with Crippen molar-refractivity contribution in [3.8, 4) is 0 Å². The molecule has 1 aromatic carbocycles. The number of halogens is 1. The monoisotopic (exact) mass is 300 g/mol. The highest BCUT2D eigenvalue weighted by molar-refractivity contribution is 6.18. The van der Waals surface area contributed by atoms with Crippen LogP contribution in [0.15, 0.2) is 48.9 Å². The molecule has 21 heavy (non-hydrogen) atoms. The van der Waals surface area contributed by atoms with Crippen LogP contribution in [-0.4, -0.2) is 27.0 Å². The maximum absolute atomic E-state index is 5.97. The van der Waals surface area contributed by atoms with E-state index in [1.54, 1.807) is 0 Å². The topological polar surface area (TPSA) is 34.0 Å². The highest BCUT2D eigenvalue weighted by Gasteiger charge is 2.14. The quantitative estimate of drug-likeness (QED) is 0.679. The van der Waals surface area contributed by atoms with Gasteiger partial charge in [-0.3, -0.25) is 0 Å². The number of nitrogens with zero attached hydrogens (tertiary/aromatic N) is 4. The molecule has 2 aromatic heterocycles. The summed E-state index contributed by atoms with van der Waals surface area (Å²) in [6.45, 7) is 1.51. The van der Waals surface area contributed by atoms with Crippen LogP contribution in [0.25, 0.3) is 11.0 Å². The van der Waals surface area contributed by atoms with Gasteiger partial charge in [0.15, 0.2) is 5.82 Å². The number of hydrogen-bond donors (Lipinski definition) is 0. The maximum atomic E-state index is 5.97. The second kappa shape index (κ2) is 6.14. The molecule has 0 bridgehead atoms. The van der Waals surface area contributed by atoms with E-state index in [-0.39, 0.29) is 0 Å². The molecule has 3 rings (SSSR count). The summed E-state index contributed by atoms with van der Waals surface area (Å²) in [6.07, 6.45) is 3.64. The summed E-state index contributed by atoms with van der Waals surface area (Å²) in [5, 5.41) is 0.